The number of hydrogen-bond donors (Lipinski definition) is 1. The minimum absolute atomic E-state index is 0.0410. The van der Waals surface area contributed by atoms with Gasteiger partial charge >= 0.3 is 5.69 Å². The summed E-state index contributed by atoms with van der Waals surface area (Å²) in [6.07, 6.45) is 1.98. The van der Waals surface area contributed by atoms with Crippen molar-refractivity contribution < 1.29 is 13.9 Å². The first-order valence-corrected chi connectivity index (χ1v) is 10.4. The van der Waals surface area contributed by atoms with Crippen molar-refractivity contribution in [3.63, 3.8) is 0 Å². The highest BCUT2D eigenvalue weighted by Gasteiger charge is 2.37. The lowest BCUT2D eigenvalue weighted by Gasteiger charge is -2.20. The van der Waals surface area contributed by atoms with E-state index in [9.17, 15) is 14.0 Å². The van der Waals surface area contributed by atoms with E-state index in [0.29, 0.717) is 32.7 Å². The molecule has 31 heavy (non-hydrogen) atoms. The summed E-state index contributed by atoms with van der Waals surface area (Å²) >= 11 is 0. The van der Waals surface area contributed by atoms with Crippen LogP contribution < -0.4 is 11.2 Å². The van der Waals surface area contributed by atoms with E-state index >= 15 is 0 Å². The first kappa shape index (κ1) is 21.2. The molecule has 1 aromatic heterocycles. The number of H-pyrrole nitrogens is 1. The molecule has 7 heteroatoms. The summed E-state index contributed by atoms with van der Waals surface area (Å²) in [5, 5.41) is 0. The molecular formula is C24H25FN2O4. The van der Waals surface area contributed by atoms with E-state index in [4.69, 9.17) is 9.47 Å². The molecule has 0 saturated heterocycles. The monoisotopic (exact) mass is 424 g/mol. The van der Waals surface area contributed by atoms with E-state index in [0.717, 1.165) is 17.3 Å². The maximum absolute atomic E-state index is 13.8. The molecule has 1 saturated carbocycles. The predicted octanol–water partition coefficient (Wildman–Crippen LogP) is 3.43. The van der Waals surface area contributed by atoms with E-state index in [1.165, 1.54) is 4.57 Å². The van der Waals surface area contributed by atoms with Crippen molar-refractivity contribution >= 4 is 0 Å². The molecule has 1 fully saturated rings. The normalized spacial score (nSPS) is 20.7. The predicted molar refractivity (Wildman–Crippen MR) is 114 cm³/mol. The van der Waals surface area contributed by atoms with E-state index in [1.54, 1.807) is 0 Å². The third-order valence-electron chi connectivity index (χ3n) is 5.67. The van der Waals surface area contributed by atoms with Crippen LogP contribution in [0.4, 0.5) is 4.39 Å². The van der Waals surface area contributed by atoms with Gasteiger partial charge in [0.2, 0.25) is 5.82 Å². The Morgan fingerprint density at radius 3 is 2.26 bits per heavy atom. The Morgan fingerprint density at radius 2 is 1.58 bits per heavy atom. The van der Waals surface area contributed by atoms with Crippen LogP contribution in [0.2, 0.25) is 0 Å². The SMILES string of the molecule is O=c1[nH]c(=O)n([C@@H]2C[C@H](COCc3ccccc3)[C@@H](OCc3ccccc3)C2)cc1F. The third kappa shape index (κ3) is 5.37. The Bertz CT molecular complexity index is 1100. The van der Waals surface area contributed by atoms with Crippen LogP contribution >= 0.6 is 0 Å². The molecule has 1 heterocycles. The number of aromatic amines is 1. The number of hydrogen-bond acceptors (Lipinski definition) is 4. The second-order valence-corrected chi connectivity index (χ2v) is 7.86. The van der Waals surface area contributed by atoms with Gasteiger partial charge in [-0.1, -0.05) is 60.7 Å². The van der Waals surface area contributed by atoms with Gasteiger partial charge in [-0.05, 0) is 24.0 Å². The van der Waals surface area contributed by atoms with Gasteiger partial charge in [0.15, 0.2) is 0 Å². The van der Waals surface area contributed by atoms with Crippen LogP contribution in [-0.4, -0.2) is 22.3 Å². The van der Waals surface area contributed by atoms with Gasteiger partial charge in [-0.2, -0.15) is 4.39 Å². The van der Waals surface area contributed by atoms with Crippen molar-refractivity contribution in [3.05, 3.63) is 105 Å². The number of halogens is 1. The van der Waals surface area contributed by atoms with Crippen LogP contribution in [0.1, 0.15) is 30.0 Å². The fraction of sp³-hybridized carbons (Fsp3) is 0.333. The molecule has 1 N–H and O–H groups in total. The first-order valence-electron chi connectivity index (χ1n) is 10.4. The van der Waals surface area contributed by atoms with E-state index < -0.39 is 17.1 Å². The second-order valence-electron chi connectivity index (χ2n) is 7.86. The number of rotatable bonds is 8. The maximum Gasteiger partial charge on any atom is 0.328 e. The van der Waals surface area contributed by atoms with Crippen LogP contribution in [0.15, 0.2) is 76.4 Å². The molecular weight excluding hydrogens is 399 g/mol. The van der Waals surface area contributed by atoms with Crippen molar-refractivity contribution in [1.82, 2.24) is 9.55 Å². The van der Waals surface area contributed by atoms with Gasteiger partial charge in [0.25, 0.3) is 5.56 Å². The fourth-order valence-electron chi connectivity index (χ4n) is 4.08. The average molecular weight is 424 g/mol. The number of ether oxygens (including phenoxy) is 2. The lowest BCUT2D eigenvalue weighted by atomic mass is 10.1. The summed E-state index contributed by atoms with van der Waals surface area (Å²) < 4.78 is 27.2. The molecule has 0 aliphatic heterocycles. The number of aromatic nitrogens is 2. The largest absolute Gasteiger partial charge is 0.376 e. The summed E-state index contributed by atoms with van der Waals surface area (Å²) in [4.78, 5) is 25.7. The highest BCUT2D eigenvalue weighted by atomic mass is 19.1. The zero-order valence-corrected chi connectivity index (χ0v) is 17.1. The molecule has 0 radical (unpaired) electrons. The van der Waals surface area contributed by atoms with Crippen molar-refractivity contribution in [2.24, 2.45) is 5.92 Å². The molecule has 0 amide bonds. The fourth-order valence-corrected chi connectivity index (χ4v) is 4.08. The smallest absolute Gasteiger partial charge is 0.328 e. The van der Waals surface area contributed by atoms with Crippen molar-refractivity contribution in [2.75, 3.05) is 6.61 Å². The minimum Gasteiger partial charge on any atom is -0.376 e. The first-order chi connectivity index (χ1) is 15.1. The highest BCUT2D eigenvalue weighted by Crippen LogP contribution is 2.37. The highest BCUT2D eigenvalue weighted by molar-refractivity contribution is 5.14. The summed E-state index contributed by atoms with van der Waals surface area (Å²) in [5.74, 6) is -0.926. The third-order valence-corrected chi connectivity index (χ3v) is 5.67. The quantitative estimate of drug-likeness (QED) is 0.601. The molecule has 4 rings (SSSR count). The second kappa shape index (κ2) is 9.85. The summed E-state index contributed by atoms with van der Waals surface area (Å²) in [6, 6.07) is 19.5. The summed E-state index contributed by atoms with van der Waals surface area (Å²) in [5.41, 5.74) is 0.530. The summed E-state index contributed by atoms with van der Waals surface area (Å²) in [6.45, 7) is 1.40. The number of nitrogens with zero attached hydrogens (tertiary/aromatic N) is 1. The van der Waals surface area contributed by atoms with Gasteiger partial charge < -0.3 is 9.47 Å². The lowest BCUT2D eigenvalue weighted by Crippen LogP contribution is -2.33. The molecule has 0 bridgehead atoms. The van der Waals surface area contributed by atoms with E-state index in [-0.39, 0.29) is 18.1 Å². The Kier molecular flexibility index (Phi) is 6.74. The maximum atomic E-state index is 13.8. The lowest BCUT2D eigenvalue weighted by molar-refractivity contribution is -0.0190. The molecule has 3 aromatic rings. The van der Waals surface area contributed by atoms with Gasteiger partial charge in [-0.3, -0.25) is 14.3 Å². The van der Waals surface area contributed by atoms with Gasteiger partial charge in [0.05, 0.1) is 32.1 Å². The molecule has 0 spiro atoms. The van der Waals surface area contributed by atoms with Gasteiger partial charge in [0, 0.05) is 12.0 Å². The zero-order valence-electron chi connectivity index (χ0n) is 17.1. The van der Waals surface area contributed by atoms with Crippen LogP contribution in [0.25, 0.3) is 0 Å². The Hall–Kier alpha value is -3.03. The Morgan fingerprint density at radius 1 is 0.935 bits per heavy atom. The molecule has 162 valence electrons. The van der Waals surface area contributed by atoms with Crippen LogP contribution in [0.5, 0.6) is 0 Å². The number of nitrogens with one attached hydrogen (secondary N) is 1. The van der Waals surface area contributed by atoms with Crippen LogP contribution in [0.3, 0.4) is 0 Å². The van der Waals surface area contributed by atoms with Gasteiger partial charge in [-0.25, -0.2) is 4.79 Å². The van der Waals surface area contributed by atoms with Gasteiger partial charge in [-0.15, -0.1) is 0 Å². The number of benzene rings is 2. The van der Waals surface area contributed by atoms with E-state index in [1.807, 2.05) is 65.6 Å². The van der Waals surface area contributed by atoms with E-state index in [2.05, 4.69) is 0 Å². The molecule has 3 atom stereocenters. The topological polar surface area (TPSA) is 73.3 Å². The molecule has 2 aromatic carbocycles. The molecule has 1 aliphatic carbocycles. The van der Waals surface area contributed by atoms with Crippen LogP contribution in [0, 0.1) is 11.7 Å². The molecule has 0 unspecified atom stereocenters. The van der Waals surface area contributed by atoms with Crippen LogP contribution in [-0.2, 0) is 22.7 Å². The van der Waals surface area contributed by atoms with Crippen molar-refractivity contribution in [2.45, 2.75) is 38.2 Å². The Labute approximate surface area is 179 Å². The zero-order chi connectivity index (χ0) is 21.6. The Balaban J connectivity index is 1.46. The van der Waals surface area contributed by atoms with Crippen molar-refractivity contribution in [1.29, 1.82) is 0 Å². The molecule has 1 aliphatic rings. The van der Waals surface area contributed by atoms with Gasteiger partial charge in [0.1, 0.15) is 0 Å². The average Bonchev–Trinajstić information content (AvgIpc) is 3.19. The standard InChI is InChI=1S/C24H25FN2O4/c25-21-13-27(24(29)26-23(21)28)20-11-19(16-30-14-17-7-3-1-4-8-17)22(12-20)31-15-18-9-5-2-6-10-18/h1-10,13,19-20,22H,11-12,14-16H2,(H,26,28,29)/t19-,20-,22+/m1/s1. The molecule has 6 nitrogen and oxygen atoms in total. The minimum atomic E-state index is -1.00. The summed E-state index contributed by atoms with van der Waals surface area (Å²) in [7, 11) is 0. The van der Waals surface area contributed by atoms with Crippen molar-refractivity contribution in [3.8, 4) is 0 Å².